The maximum absolute atomic E-state index is 14.1. The highest BCUT2D eigenvalue weighted by Crippen LogP contribution is 2.43. The van der Waals surface area contributed by atoms with Crippen LogP contribution in [0.4, 0.5) is 13.2 Å². The first-order chi connectivity index (χ1) is 14.7. The molecular weight excluding hydrogens is 437 g/mol. The fraction of sp³-hybridized carbons (Fsp3) is 0.364. The quantitative estimate of drug-likeness (QED) is 0.411. The van der Waals surface area contributed by atoms with E-state index in [4.69, 9.17) is 25.8 Å². The van der Waals surface area contributed by atoms with E-state index in [1.165, 1.54) is 25.1 Å². The summed E-state index contributed by atoms with van der Waals surface area (Å²) in [5.41, 5.74) is -3.24. The standard InChI is InChI=1S/C22H22ClF3O5/c1-3-30-19(27)18(17(23)14-15-10-6-4-7-11-15)31-20(28)21(29-2,22(24,25)26)16-12-8-5-9-13-16/h4-13,17-18H,3,14H2,1-2H3/t17-,18-,21?/m1/s1. The Balaban J connectivity index is 2.40. The highest BCUT2D eigenvalue weighted by molar-refractivity contribution is 6.22. The van der Waals surface area contributed by atoms with Gasteiger partial charge in [-0.2, -0.15) is 13.2 Å². The third-order valence-electron chi connectivity index (χ3n) is 4.53. The van der Waals surface area contributed by atoms with Gasteiger partial charge in [0.15, 0.2) is 0 Å². The van der Waals surface area contributed by atoms with E-state index >= 15 is 0 Å². The van der Waals surface area contributed by atoms with Crippen molar-refractivity contribution in [3.63, 3.8) is 0 Å². The Bertz CT molecular complexity index is 860. The van der Waals surface area contributed by atoms with Gasteiger partial charge < -0.3 is 14.2 Å². The van der Waals surface area contributed by atoms with Gasteiger partial charge in [-0.05, 0) is 18.9 Å². The fourth-order valence-electron chi connectivity index (χ4n) is 3.03. The second kappa shape index (κ2) is 10.6. The molecule has 0 radical (unpaired) electrons. The third-order valence-corrected chi connectivity index (χ3v) is 4.91. The maximum Gasteiger partial charge on any atom is 0.432 e. The van der Waals surface area contributed by atoms with Crippen LogP contribution in [0.1, 0.15) is 18.1 Å². The molecule has 0 bridgehead atoms. The molecule has 2 rings (SSSR count). The van der Waals surface area contributed by atoms with E-state index < -0.39 is 40.8 Å². The molecule has 31 heavy (non-hydrogen) atoms. The second-order valence-electron chi connectivity index (χ2n) is 6.53. The van der Waals surface area contributed by atoms with Gasteiger partial charge in [0, 0.05) is 12.7 Å². The molecule has 0 N–H and O–H groups in total. The molecule has 0 amide bonds. The van der Waals surface area contributed by atoms with Gasteiger partial charge in [0.2, 0.25) is 6.10 Å². The lowest BCUT2D eigenvalue weighted by molar-refractivity contribution is -0.278. The summed E-state index contributed by atoms with van der Waals surface area (Å²) in [4.78, 5) is 25.3. The maximum atomic E-state index is 14.1. The van der Waals surface area contributed by atoms with E-state index in [1.54, 1.807) is 30.3 Å². The second-order valence-corrected chi connectivity index (χ2v) is 7.09. The number of benzene rings is 2. The van der Waals surface area contributed by atoms with Crippen LogP contribution in [0.2, 0.25) is 0 Å². The zero-order valence-corrected chi connectivity index (χ0v) is 17.7. The van der Waals surface area contributed by atoms with Crippen molar-refractivity contribution < 1.29 is 37.0 Å². The summed E-state index contributed by atoms with van der Waals surface area (Å²) in [7, 11) is 0.739. The van der Waals surface area contributed by atoms with Crippen LogP contribution in [-0.2, 0) is 35.8 Å². The topological polar surface area (TPSA) is 61.8 Å². The molecule has 0 saturated carbocycles. The molecule has 0 spiro atoms. The SMILES string of the molecule is CCOC(=O)[C@H](OC(=O)C(OC)(c1ccccc1)C(F)(F)F)[C@H](Cl)Cc1ccccc1. The Kier molecular flexibility index (Phi) is 8.47. The lowest BCUT2D eigenvalue weighted by Gasteiger charge is -2.34. The van der Waals surface area contributed by atoms with Crippen molar-refractivity contribution in [1.82, 2.24) is 0 Å². The Labute approximate surface area is 183 Å². The molecule has 0 heterocycles. The van der Waals surface area contributed by atoms with Crippen LogP contribution in [0, 0.1) is 0 Å². The van der Waals surface area contributed by atoms with Crippen molar-refractivity contribution in [3.8, 4) is 0 Å². The molecule has 9 heteroatoms. The number of carbonyl (C=O) groups is 2. The van der Waals surface area contributed by atoms with E-state index in [0.717, 1.165) is 19.2 Å². The van der Waals surface area contributed by atoms with Gasteiger partial charge >= 0.3 is 18.1 Å². The number of ether oxygens (including phenoxy) is 3. The van der Waals surface area contributed by atoms with E-state index in [2.05, 4.69) is 0 Å². The van der Waals surface area contributed by atoms with E-state index in [-0.39, 0.29) is 13.0 Å². The van der Waals surface area contributed by atoms with Crippen LogP contribution >= 0.6 is 11.6 Å². The Morgan fingerprint density at radius 1 is 1.00 bits per heavy atom. The number of hydrogen-bond acceptors (Lipinski definition) is 5. The van der Waals surface area contributed by atoms with Gasteiger partial charge in [-0.15, -0.1) is 11.6 Å². The smallest absolute Gasteiger partial charge is 0.432 e. The summed E-state index contributed by atoms with van der Waals surface area (Å²) in [5, 5.41) is -1.18. The zero-order chi connectivity index (χ0) is 23.1. The first-order valence-corrected chi connectivity index (χ1v) is 9.84. The average Bonchev–Trinajstić information content (AvgIpc) is 2.73. The molecule has 0 fully saturated rings. The van der Waals surface area contributed by atoms with Crippen LogP contribution in [-0.4, -0.2) is 43.3 Å². The summed E-state index contributed by atoms with van der Waals surface area (Å²) >= 11 is 6.31. The summed E-state index contributed by atoms with van der Waals surface area (Å²) in [5.74, 6) is -2.86. The van der Waals surface area contributed by atoms with Crippen LogP contribution in [0.25, 0.3) is 0 Å². The summed E-state index contributed by atoms with van der Waals surface area (Å²) in [6.07, 6.45) is -6.91. The number of alkyl halides is 4. The molecule has 5 nitrogen and oxygen atoms in total. The highest BCUT2D eigenvalue weighted by Gasteiger charge is 2.64. The molecule has 2 aromatic carbocycles. The zero-order valence-electron chi connectivity index (χ0n) is 16.9. The molecule has 0 aliphatic carbocycles. The molecule has 2 aromatic rings. The van der Waals surface area contributed by atoms with E-state index in [9.17, 15) is 22.8 Å². The van der Waals surface area contributed by atoms with Crippen molar-refractivity contribution in [2.45, 2.75) is 36.6 Å². The van der Waals surface area contributed by atoms with Gasteiger partial charge in [-0.3, -0.25) is 0 Å². The van der Waals surface area contributed by atoms with Crippen molar-refractivity contribution >= 4 is 23.5 Å². The Morgan fingerprint density at radius 2 is 1.55 bits per heavy atom. The van der Waals surface area contributed by atoms with Crippen molar-refractivity contribution in [2.75, 3.05) is 13.7 Å². The van der Waals surface area contributed by atoms with Crippen LogP contribution in [0.15, 0.2) is 60.7 Å². The van der Waals surface area contributed by atoms with E-state index in [0.29, 0.717) is 5.56 Å². The summed E-state index contributed by atoms with van der Waals surface area (Å²) < 4.78 is 56.9. The molecule has 0 saturated heterocycles. The number of rotatable bonds is 9. The number of hydrogen-bond donors (Lipinski definition) is 0. The molecule has 0 aromatic heterocycles. The normalized spacial score (nSPS) is 15.4. The lowest BCUT2D eigenvalue weighted by Crippen LogP contribution is -2.54. The van der Waals surface area contributed by atoms with Gasteiger partial charge in [-0.25, -0.2) is 9.59 Å². The minimum atomic E-state index is -5.18. The van der Waals surface area contributed by atoms with Crippen LogP contribution < -0.4 is 0 Å². The summed E-state index contributed by atoms with van der Waals surface area (Å²) in [6.45, 7) is 1.44. The largest absolute Gasteiger partial charge is 0.463 e. The minimum absolute atomic E-state index is 0.0521. The number of halogens is 4. The fourth-order valence-corrected chi connectivity index (χ4v) is 3.36. The highest BCUT2D eigenvalue weighted by atomic mass is 35.5. The van der Waals surface area contributed by atoms with Gasteiger partial charge in [-0.1, -0.05) is 60.7 Å². The molecule has 168 valence electrons. The lowest BCUT2D eigenvalue weighted by atomic mass is 9.92. The van der Waals surface area contributed by atoms with Crippen LogP contribution in [0.5, 0.6) is 0 Å². The first kappa shape index (κ1) is 24.7. The number of methoxy groups -OCH3 is 1. The first-order valence-electron chi connectivity index (χ1n) is 9.40. The molecular formula is C22H22ClF3O5. The van der Waals surface area contributed by atoms with Gasteiger partial charge in [0.1, 0.15) is 0 Å². The predicted molar refractivity (Wildman–Crippen MR) is 107 cm³/mol. The number of carbonyl (C=O) groups excluding carboxylic acids is 2. The molecule has 0 aliphatic heterocycles. The van der Waals surface area contributed by atoms with Crippen molar-refractivity contribution in [3.05, 3.63) is 71.8 Å². The number of esters is 2. The van der Waals surface area contributed by atoms with Crippen molar-refractivity contribution in [1.29, 1.82) is 0 Å². The Hall–Kier alpha value is -2.58. The predicted octanol–water partition coefficient (Wildman–Crippen LogP) is 4.42. The molecule has 0 aliphatic rings. The summed E-state index contributed by atoms with van der Waals surface area (Å²) in [6, 6.07) is 15.0. The Morgan fingerprint density at radius 3 is 2.03 bits per heavy atom. The average molecular weight is 459 g/mol. The third kappa shape index (κ3) is 5.57. The molecule has 3 atom stereocenters. The van der Waals surface area contributed by atoms with Crippen LogP contribution in [0.3, 0.4) is 0 Å². The van der Waals surface area contributed by atoms with Gasteiger partial charge in [0.05, 0.1) is 12.0 Å². The monoisotopic (exact) mass is 458 g/mol. The minimum Gasteiger partial charge on any atom is -0.463 e. The molecule has 1 unspecified atom stereocenters. The van der Waals surface area contributed by atoms with Gasteiger partial charge in [0.25, 0.3) is 5.60 Å². The van der Waals surface area contributed by atoms with Crippen molar-refractivity contribution in [2.24, 2.45) is 0 Å². The van der Waals surface area contributed by atoms with E-state index in [1.807, 2.05) is 0 Å².